The molecule has 0 atom stereocenters. The fourth-order valence-corrected chi connectivity index (χ4v) is 3.54. The van der Waals surface area contributed by atoms with Gasteiger partial charge in [0.1, 0.15) is 5.00 Å². The van der Waals surface area contributed by atoms with Crippen molar-refractivity contribution in [2.45, 2.75) is 33.6 Å². The number of nitrogens with one attached hydrogen (secondary N) is 2. The largest absolute Gasteiger partial charge is 0.462 e. The summed E-state index contributed by atoms with van der Waals surface area (Å²) in [6, 6.07) is -0.262. The highest BCUT2D eigenvalue weighted by molar-refractivity contribution is 7.15. The third-order valence-corrected chi connectivity index (χ3v) is 4.72. The van der Waals surface area contributed by atoms with E-state index in [0.717, 1.165) is 11.5 Å². The quantitative estimate of drug-likeness (QED) is 0.819. The molecule has 1 saturated carbocycles. The lowest BCUT2D eigenvalue weighted by Gasteiger charge is -2.32. The Morgan fingerprint density at radius 1 is 1.43 bits per heavy atom. The molecule has 0 aromatic carbocycles. The van der Waals surface area contributed by atoms with Crippen molar-refractivity contribution in [1.29, 1.82) is 0 Å². The van der Waals surface area contributed by atoms with Crippen LogP contribution in [-0.4, -0.2) is 25.2 Å². The zero-order chi connectivity index (χ0) is 15.4. The molecule has 2 amide bonds. The second-order valence-electron chi connectivity index (χ2n) is 5.62. The Labute approximate surface area is 129 Å². The summed E-state index contributed by atoms with van der Waals surface area (Å²) in [6.45, 7) is 6.83. The van der Waals surface area contributed by atoms with Crippen LogP contribution >= 0.6 is 11.3 Å². The number of aryl methyl sites for hydroxylation is 1. The van der Waals surface area contributed by atoms with E-state index in [9.17, 15) is 9.59 Å². The van der Waals surface area contributed by atoms with Crippen molar-refractivity contribution in [2.24, 2.45) is 11.8 Å². The lowest BCUT2D eigenvalue weighted by atomic mass is 9.76. The Balaban J connectivity index is 1.90. The Kier molecular flexibility index (Phi) is 5.22. The summed E-state index contributed by atoms with van der Waals surface area (Å²) >= 11 is 1.34. The molecule has 0 unspecified atom stereocenters. The van der Waals surface area contributed by atoms with Gasteiger partial charge in [-0.25, -0.2) is 9.59 Å². The molecule has 21 heavy (non-hydrogen) atoms. The van der Waals surface area contributed by atoms with Crippen molar-refractivity contribution < 1.29 is 14.3 Å². The molecule has 116 valence electrons. The van der Waals surface area contributed by atoms with E-state index in [2.05, 4.69) is 17.6 Å². The summed E-state index contributed by atoms with van der Waals surface area (Å²) in [5.41, 5.74) is 1.27. The van der Waals surface area contributed by atoms with Crippen LogP contribution in [0.5, 0.6) is 0 Å². The van der Waals surface area contributed by atoms with E-state index >= 15 is 0 Å². The third kappa shape index (κ3) is 3.97. The van der Waals surface area contributed by atoms with Crippen LogP contribution in [0.4, 0.5) is 9.80 Å². The van der Waals surface area contributed by atoms with Gasteiger partial charge in [-0.15, -0.1) is 11.3 Å². The molecule has 1 aliphatic rings. The molecule has 1 aliphatic carbocycles. The van der Waals surface area contributed by atoms with Crippen LogP contribution in [0.1, 0.15) is 42.6 Å². The third-order valence-electron chi connectivity index (χ3n) is 3.70. The van der Waals surface area contributed by atoms with Crippen LogP contribution in [0.15, 0.2) is 5.38 Å². The van der Waals surface area contributed by atoms with Crippen molar-refractivity contribution in [3.63, 3.8) is 0 Å². The van der Waals surface area contributed by atoms with Crippen molar-refractivity contribution >= 4 is 28.3 Å². The predicted molar refractivity (Wildman–Crippen MR) is 83.9 cm³/mol. The highest BCUT2D eigenvalue weighted by Gasteiger charge is 2.25. The maximum absolute atomic E-state index is 11.9. The van der Waals surface area contributed by atoms with Crippen molar-refractivity contribution in [3.8, 4) is 0 Å². The highest BCUT2D eigenvalue weighted by Crippen LogP contribution is 2.32. The van der Waals surface area contributed by atoms with E-state index in [1.165, 1.54) is 24.2 Å². The molecule has 2 rings (SSSR count). The van der Waals surface area contributed by atoms with E-state index in [0.29, 0.717) is 29.6 Å². The molecular weight excluding hydrogens is 288 g/mol. The number of hydrogen-bond acceptors (Lipinski definition) is 4. The van der Waals surface area contributed by atoms with E-state index in [1.54, 1.807) is 6.92 Å². The van der Waals surface area contributed by atoms with Gasteiger partial charge in [-0.1, -0.05) is 6.92 Å². The molecular formula is C15H22N2O3S. The number of urea groups is 1. The normalized spacial score (nSPS) is 20.5. The smallest absolute Gasteiger partial charge is 0.341 e. The number of carbonyl (C=O) groups excluding carboxylic acids is 2. The fourth-order valence-electron chi connectivity index (χ4n) is 2.61. The highest BCUT2D eigenvalue weighted by atomic mass is 32.1. The maximum Gasteiger partial charge on any atom is 0.341 e. The molecule has 1 heterocycles. The van der Waals surface area contributed by atoms with Crippen LogP contribution in [0.25, 0.3) is 0 Å². The first kappa shape index (κ1) is 15.8. The second kappa shape index (κ2) is 6.93. The lowest BCUT2D eigenvalue weighted by molar-refractivity contribution is 0.0527. The number of esters is 1. The van der Waals surface area contributed by atoms with Crippen LogP contribution < -0.4 is 10.6 Å². The van der Waals surface area contributed by atoms with Crippen molar-refractivity contribution in [3.05, 3.63) is 16.5 Å². The number of anilines is 1. The van der Waals surface area contributed by atoms with Gasteiger partial charge in [-0.05, 0) is 49.5 Å². The van der Waals surface area contributed by atoms with E-state index < -0.39 is 0 Å². The SMILES string of the molecule is CCOC(=O)c1c(C)csc1NC(=O)NCC1CC(C)C1. The fraction of sp³-hybridized carbons (Fsp3) is 0.600. The molecule has 1 aromatic heterocycles. The number of rotatable bonds is 5. The number of amides is 2. The monoisotopic (exact) mass is 310 g/mol. The molecule has 6 heteroatoms. The van der Waals surface area contributed by atoms with Gasteiger partial charge in [-0.3, -0.25) is 5.32 Å². The van der Waals surface area contributed by atoms with Gasteiger partial charge in [0.2, 0.25) is 0 Å². The molecule has 1 aromatic rings. The van der Waals surface area contributed by atoms with Gasteiger partial charge in [0.25, 0.3) is 0 Å². The Hall–Kier alpha value is -1.56. The number of thiophene rings is 1. The molecule has 0 bridgehead atoms. The van der Waals surface area contributed by atoms with Crippen LogP contribution in [0.2, 0.25) is 0 Å². The van der Waals surface area contributed by atoms with Gasteiger partial charge in [-0.2, -0.15) is 0 Å². The molecule has 2 N–H and O–H groups in total. The number of carbonyl (C=O) groups is 2. The van der Waals surface area contributed by atoms with Crippen molar-refractivity contribution in [1.82, 2.24) is 5.32 Å². The average molecular weight is 310 g/mol. The van der Waals surface area contributed by atoms with E-state index in [1.807, 2.05) is 12.3 Å². The van der Waals surface area contributed by atoms with Crippen molar-refractivity contribution in [2.75, 3.05) is 18.5 Å². The topological polar surface area (TPSA) is 67.4 Å². The first-order valence-electron chi connectivity index (χ1n) is 7.31. The van der Waals surface area contributed by atoms with Crippen LogP contribution in [-0.2, 0) is 4.74 Å². The molecule has 1 fully saturated rings. The van der Waals surface area contributed by atoms with E-state index in [4.69, 9.17) is 4.74 Å². The van der Waals surface area contributed by atoms with E-state index in [-0.39, 0.29) is 12.0 Å². The van der Waals surface area contributed by atoms with Gasteiger partial charge < -0.3 is 10.1 Å². The summed E-state index contributed by atoms with van der Waals surface area (Å²) in [5.74, 6) is 0.968. The average Bonchev–Trinajstić information content (AvgIpc) is 2.74. The van der Waals surface area contributed by atoms with Gasteiger partial charge in [0.05, 0.1) is 12.2 Å². The predicted octanol–water partition coefficient (Wildman–Crippen LogP) is 3.40. The Morgan fingerprint density at radius 3 is 2.76 bits per heavy atom. The summed E-state index contributed by atoms with van der Waals surface area (Å²) in [4.78, 5) is 23.8. The first-order valence-corrected chi connectivity index (χ1v) is 8.19. The summed E-state index contributed by atoms with van der Waals surface area (Å²) in [5, 5.41) is 8.01. The lowest BCUT2D eigenvalue weighted by Crippen LogP contribution is -2.37. The number of ether oxygens (including phenoxy) is 1. The van der Waals surface area contributed by atoms with Crippen LogP contribution in [0, 0.1) is 18.8 Å². The number of hydrogen-bond donors (Lipinski definition) is 2. The standard InChI is InChI=1S/C15H22N2O3S/c1-4-20-14(18)12-10(3)8-21-13(12)17-15(19)16-7-11-5-9(2)6-11/h8-9,11H,4-7H2,1-3H3,(H2,16,17,19). The maximum atomic E-state index is 11.9. The molecule has 0 saturated heterocycles. The minimum absolute atomic E-state index is 0.262. The van der Waals surface area contributed by atoms with Gasteiger partial charge in [0.15, 0.2) is 0 Å². The minimum Gasteiger partial charge on any atom is -0.462 e. The molecule has 5 nitrogen and oxygen atoms in total. The summed E-state index contributed by atoms with van der Waals surface area (Å²) in [7, 11) is 0. The zero-order valence-corrected chi connectivity index (χ0v) is 13.5. The van der Waals surface area contributed by atoms with Crippen LogP contribution in [0.3, 0.4) is 0 Å². The second-order valence-corrected chi connectivity index (χ2v) is 6.50. The summed E-state index contributed by atoms with van der Waals surface area (Å²) < 4.78 is 5.02. The zero-order valence-electron chi connectivity index (χ0n) is 12.7. The molecule has 0 radical (unpaired) electrons. The Bertz CT molecular complexity index is 521. The first-order chi connectivity index (χ1) is 10.0. The van der Waals surface area contributed by atoms with Gasteiger partial charge in [0, 0.05) is 6.54 Å². The van der Waals surface area contributed by atoms with Gasteiger partial charge >= 0.3 is 12.0 Å². The Morgan fingerprint density at radius 2 is 2.14 bits per heavy atom. The molecule has 0 aliphatic heterocycles. The minimum atomic E-state index is -0.389. The molecule has 0 spiro atoms. The summed E-state index contributed by atoms with van der Waals surface area (Å²) in [6.07, 6.45) is 2.35.